The van der Waals surface area contributed by atoms with E-state index in [0.717, 1.165) is 25.7 Å². The second-order valence-electron chi connectivity index (χ2n) is 3.96. The highest BCUT2D eigenvalue weighted by Crippen LogP contribution is 2.38. The van der Waals surface area contributed by atoms with E-state index in [9.17, 15) is 0 Å². The average Bonchev–Trinajstić information content (AvgIpc) is 2.18. The van der Waals surface area contributed by atoms with Gasteiger partial charge in [-0.15, -0.1) is 0 Å². The molecule has 1 unspecified atom stereocenters. The Morgan fingerprint density at radius 3 is 2.33 bits per heavy atom. The van der Waals surface area contributed by atoms with Gasteiger partial charge in [-0.1, -0.05) is 6.42 Å². The van der Waals surface area contributed by atoms with Crippen LogP contribution in [0, 0.1) is 11.3 Å². The van der Waals surface area contributed by atoms with Gasteiger partial charge >= 0.3 is 0 Å². The lowest BCUT2D eigenvalue weighted by molar-refractivity contribution is -0.00587. The van der Waals surface area contributed by atoms with Crippen LogP contribution < -0.4 is 0 Å². The maximum Gasteiger partial charge on any atom is 0.0509 e. The normalized spacial score (nSPS) is 28.8. The van der Waals surface area contributed by atoms with E-state index in [-0.39, 0.29) is 31.2 Å². The van der Waals surface area contributed by atoms with Crippen molar-refractivity contribution in [2.75, 3.05) is 19.8 Å². The quantitative estimate of drug-likeness (QED) is 0.570. The molecular formula is C9H18O3. The molecule has 1 saturated carbocycles. The Hall–Kier alpha value is -0.120. The Bertz CT molecular complexity index is 132. The maximum atomic E-state index is 9.11. The molecule has 0 spiro atoms. The second kappa shape index (κ2) is 4.21. The fraction of sp³-hybridized carbons (Fsp3) is 1.00. The number of hydrogen-bond donors (Lipinski definition) is 3. The molecule has 0 radical (unpaired) electrons. The van der Waals surface area contributed by atoms with E-state index in [2.05, 4.69) is 0 Å². The van der Waals surface area contributed by atoms with E-state index in [1.165, 1.54) is 0 Å². The largest absolute Gasteiger partial charge is 0.396 e. The van der Waals surface area contributed by atoms with E-state index in [4.69, 9.17) is 15.3 Å². The predicted molar refractivity (Wildman–Crippen MR) is 45.6 cm³/mol. The maximum absolute atomic E-state index is 9.11. The minimum absolute atomic E-state index is 0.0417. The Morgan fingerprint density at radius 1 is 1.17 bits per heavy atom. The van der Waals surface area contributed by atoms with Crippen molar-refractivity contribution in [3.05, 3.63) is 0 Å². The van der Waals surface area contributed by atoms with Crippen molar-refractivity contribution >= 4 is 0 Å². The van der Waals surface area contributed by atoms with Gasteiger partial charge in [-0.05, 0) is 25.2 Å². The van der Waals surface area contributed by atoms with Gasteiger partial charge in [0.05, 0.1) is 13.2 Å². The number of aliphatic hydroxyl groups is 3. The van der Waals surface area contributed by atoms with Crippen LogP contribution in [0.2, 0.25) is 0 Å². The third-order valence-corrected chi connectivity index (χ3v) is 2.97. The molecule has 12 heavy (non-hydrogen) atoms. The Balaban J connectivity index is 2.52. The predicted octanol–water partition coefficient (Wildman–Crippen LogP) is 0.140. The van der Waals surface area contributed by atoms with E-state index < -0.39 is 0 Å². The van der Waals surface area contributed by atoms with Gasteiger partial charge in [-0.2, -0.15) is 0 Å². The number of hydrogen-bond acceptors (Lipinski definition) is 3. The molecule has 0 aromatic rings. The van der Waals surface area contributed by atoms with Crippen molar-refractivity contribution in [2.24, 2.45) is 11.3 Å². The SMILES string of the molecule is OCC1CCCC(CO)(CO)C1. The molecule has 0 amide bonds. The van der Waals surface area contributed by atoms with Crippen molar-refractivity contribution in [2.45, 2.75) is 25.7 Å². The lowest BCUT2D eigenvalue weighted by atomic mass is 9.71. The number of rotatable bonds is 3. The topological polar surface area (TPSA) is 60.7 Å². The van der Waals surface area contributed by atoms with Crippen molar-refractivity contribution in [3.63, 3.8) is 0 Å². The summed E-state index contributed by atoms with van der Waals surface area (Å²) in [6.07, 6.45) is 3.68. The first kappa shape index (κ1) is 9.96. The monoisotopic (exact) mass is 174 g/mol. The first-order chi connectivity index (χ1) is 5.76. The summed E-state index contributed by atoms with van der Waals surface area (Å²) in [6, 6.07) is 0. The van der Waals surface area contributed by atoms with Gasteiger partial charge < -0.3 is 15.3 Å². The zero-order valence-electron chi connectivity index (χ0n) is 7.37. The standard InChI is InChI=1S/C9H18O3/c10-5-8-2-1-3-9(4-8,6-11)7-12/h8,10-12H,1-7H2. The lowest BCUT2D eigenvalue weighted by Crippen LogP contribution is -2.36. The molecule has 1 fully saturated rings. The van der Waals surface area contributed by atoms with Crippen molar-refractivity contribution in [1.82, 2.24) is 0 Å². The molecule has 72 valence electrons. The summed E-state index contributed by atoms with van der Waals surface area (Å²) < 4.78 is 0. The zero-order chi connectivity index (χ0) is 9.03. The smallest absolute Gasteiger partial charge is 0.0509 e. The van der Waals surface area contributed by atoms with E-state index >= 15 is 0 Å². The Kier molecular flexibility index (Phi) is 3.50. The molecule has 3 N–H and O–H groups in total. The van der Waals surface area contributed by atoms with Crippen LogP contribution in [0.1, 0.15) is 25.7 Å². The summed E-state index contributed by atoms with van der Waals surface area (Å²) in [4.78, 5) is 0. The minimum atomic E-state index is -0.314. The molecule has 0 aromatic heterocycles. The highest BCUT2D eigenvalue weighted by atomic mass is 16.3. The third kappa shape index (κ3) is 1.97. The molecule has 1 aliphatic rings. The van der Waals surface area contributed by atoms with Crippen molar-refractivity contribution in [3.8, 4) is 0 Å². The molecule has 0 aromatic carbocycles. The van der Waals surface area contributed by atoms with Crippen LogP contribution >= 0.6 is 0 Å². The summed E-state index contributed by atoms with van der Waals surface area (Å²) in [7, 11) is 0. The molecule has 1 rings (SSSR count). The van der Waals surface area contributed by atoms with Gasteiger partial charge in [0.1, 0.15) is 0 Å². The van der Waals surface area contributed by atoms with Gasteiger partial charge in [0.2, 0.25) is 0 Å². The van der Waals surface area contributed by atoms with Gasteiger partial charge in [-0.25, -0.2) is 0 Å². The average molecular weight is 174 g/mol. The van der Waals surface area contributed by atoms with Crippen LogP contribution in [0.15, 0.2) is 0 Å². The molecule has 0 aliphatic heterocycles. The fourth-order valence-electron chi connectivity index (χ4n) is 2.08. The van der Waals surface area contributed by atoms with Crippen molar-refractivity contribution in [1.29, 1.82) is 0 Å². The van der Waals surface area contributed by atoms with Gasteiger partial charge in [0, 0.05) is 12.0 Å². The van der Waals surface area contributed by atoms with Crippen LogP contribution in [-0.4, -0.2) is 35.1 Å². The Labute approximate surface area is 73.0 Å². The molecule has 0 saturated heterocycles. The molecule has 3 nitrogen and oxygen atoms in total. The van der Waals surface area contributed by atoms with Gasteiger partial charge in [-0.3, -0.25) is 0 Å². The van der Waals surface area contributed by atoms with Crippen LogP contribution in [0.5, 0.6) is 0 Å². The van der Waals surface area contributed by atoms with E-state index in [1.54, 1.807) is 0 Å². The van der Waals surface area contributed by atoms with Crippen LogP contribution in [-0.2, 0) is 0 Å². The highest BCUT2D eigenvalue weighted by Gasteiger charge is 2.34. The fourth-order valence-corrected chi connectivity index (χ4v) is 2.08. The zero-order valence-corrected chi connectivity index (χ0v) is 7.37. The van der Waals surface area contributed by atoms with E-state index in [0.29, 0.717) is 0 Å². The first-order valence-corrected chi connectivity index (χ1v) is 4.59. The van der Waals surface area contributed by atoms with E-state index in [1.807, 2.05) is 0 Å². The minimum Gasteiger partial charge on any atom is -0.396 e. The summed E-state index contributed by atoms with van der Waals surface area (Å²) >= 11 is 0. The molecule has 3 heteroatoms. The molecule has 1 atom stereocenters. The summed E-state index contributed by atoms with van der Waals surface area (Å²) in [6.45, 7) is 0.266. The van der Waals surface area contributed by atoms with Gasteiger partial charge in [0.15, 0.2) is 0 Å². The molecule has 1 aliphatic carbocycles. The van der Waals surface area contributed by atoms with Crippen LogP contribution in [0.4, 0.5) is 0 Å². The van der Waals surface area contributed by atoms with Gasteiger partial charge in [0.25, 0.3) is 0 Å². The number of aliphatic hydroxyl groups excluding tert-OH is 3. The first-order valence-electron chi connectivity index (χ1n) is 4.59. The summed E-state index contributed by atoms with van der Waals surface area (Å²) in [5.74, 6) is 0.276. The molecule has 0 heterocycles. The third-order valence-electron chi connectivity index (χ3n) is 2.97. The molecule has 0 bridgehead atoms. The lowest BCUT2D eigenvalue weighted by Gasteiger charge is -2.37. The van der Waals surface area contributed by atoms with Crippen molar-refractivity contribution < 1.29 is 15.3 Å². The second-order valence-corrected chi connectivity index (χ2v) is 3.96. The van der Waals surface area contributed by atoms with Crippen LogP contribution in [0.3, 0.4) is 0 Å². The Morgan fingerprint density at radius 2 is 1.83 bits per heavy atom. The summed E-state index contributed by atoms with van der Waals surface area (Å²) in [5, 5.41) is 27.2. The molecular weight excluding hydrogens is 156 g/mol. The summed E-state index contributed by atoms with van der Waals surface area (Å²) in [5.41, 5.74) is -0.314. The highest BCUT2D eigenvalue weighted by molar-refractivity contribution is 4.85. The van der Waals surface area contributed by atoms with Crippen LogP contribution in [0.25, 0.3) is 0 Å².